The number of hydrogen-bond acceptors (Lipinski definition) is 6. The number of alkyl carbamates (subject to hydrolysis) is 1. The van der Waals surface area contributed by atoms with Crippen molar-refractivity contribution in [3.63, 3.8) is 0 Å². The summed E-state index contributed by atoms with van der Waals surface area (Å²) in [7, 11) is 0. The minimum Gasteiger partial charge on any atom is -0.445 e. The van der Waals surface area contributed by atoms with Crippen LogP contribution in [-0.4, -0.2) is 42.0 Å². The van der Waals surface area contributed by atoms with Crippen molar-refractivity contribution in [1.82, 2.24) is 16.0 Å². The molecule has 2 aliphatic rings. The van der Waals surface area contributed by atoms with Crippen molar-refractivity contribution in [1.29, 1.82) is 5.26 Å². The summed E-state index contributed by atoms with van der Waals surface area (Å²) in [6.07, 6.45) is 2.40. The molecule has 1 aliphatic carbocycles. The summed E-state index contributed by atoms with van der Waals surface area (Å²) in [5, 5.41) is 27.6. The quantitative estimate of drug-likeness (QED) is 0.497. The molecule has 8 heteroatoms. The first kappa shape index (κ1) is 21.1. The second-order valence-electron chi connectivity index (χ2n) is 7.81. The van der Waals surface area contributed by atoms with Crippen LogP contribution >= 0.6 is 0 Å². The maximum absolute atomic E-state index is 12.7. The third-order valence-corrected chi connectivity index (χ3v) is 5.41. The van der Waals surface area contributed by atoms with Crippen molar-refractivity contribution < 1.29 is 19.4 Å². The van der Waals surface area contributed by atoms with Gasteiger partial charge in [0.25, 0.3) is 0 Å². The van der Waals surface area contributed by atoms with E-state index in [1.807, 2.05) is 30.3 Å². The monoisotopic (exact) mass is 400 g/mol. The van der Waals surface area contributed by atoms with Crippen LogP contribution in [0.15, 0.2) is 30.3 Å². The Morgan fingerprint density at radius 1 is 1.21 bits per heavy atom. The van der Waals surface area contributed by atoms with Gasteiger partial charge in [-0.3, -0.25) is 10.1 Å². The van der Waals surface area contributed by atoms with Crippen molar-refractivity contribution in [3.8, 4) is 6.07 Å². The maximum Gasteiger partial charge on any atom is 0.408 e. The average molecular weight is 400 g/mol. The fourth-order valence-corrected chi connectivity index (χ4v) is 3.53. The fraction of sp³-hybridized carbons (Fsp3) is 0.571. The summed E-state index contributed by atoms with van der Waals surface area (Å²) in [6.45, 7) is 0.814. The van der Waals surface area contributed by atoms with E-state index in [1.54, 1.807) is 0 Å². The van der Waals surface area contributed by atoms with Gasteiger partial charge in [0.2, 0.25) is 5.91 Å². The molecule has 1 saturated carbocycles. The van der Waals surface area contributed by atoms with Crippen molar-refractivity contribution in [2.24, 2.45) is 11.8 Å². The Balaban J connectivity index is 1.51. The highest BCUT2D eigenvalue weighted by molar-refractivity contribution is 5.86. The molecule has 2 fully saturated rings. The lowest BCUT2D eigenvalue weighted by molar-refractivity contribution is -0.123. The van der Waals surface area contributed by atoms with E-state index in [9.17, 15) is 20.0 Å². The molecule has 4 N–H and O–H groups in total. The van der Waals surface area contributed by atoms with E-state index < -0.39 is 24.4 Å². The highest BCUT2D eigenvalue weighted by Crippen LogP contribution is 2.33. The van der Waals surface area contributed by atoms with Gasteiger partial charge in [-0.15, -0.1) is 0 Å². The van der Waals surface area contributed by atoms with Crippen LogP contribution < -0.4 is 16.0 Å². The van der Waals surface area contributed by atoms with Gasteiger partial charge >= 0.3 is 6.09 Å². The summed E-state index contributed by atoms with van der Waals surface area (Å²) < 4.78 is 5.23. The summed E-state index contributed by atoms with van der Waals surface area (Å²) in [6, 6.07) is 9.94. The van der Waals surface area contributed by atoms with Gasteiger partial charge in [-0.2, -0.15) is 5.26 Å². The first-order valence-electron chi connectivity index (χ1n) is 10.1. The molecule has 0 bridgehead atoms. The number of nitrogens with one attached hydrogen (secondary N) is 3. The molecular weight excluding hydrogens is 372 g/mol. The largest absolute Gasteiger partial charge is 0.445 e. The van der Waals surface area contributed by atoms with Crippen molar-refractivity contribution >= 4 is 12.0 Å². The first-order valence-corrected chi connectivity index (χ1v) is 10.1. The van der Waals surface area contributed by atoms with Crippen LogP contribution in [-0.2, 0) is 16.1 Å². The molecule has 0 aromatic heterocycles. The number of nitriles is 1. The number of aliphatic hydroxyl groups is 1. The third-order valence-electron chi connectivity index (χ3n) is 5.41. The minimum absolute atomic E-state index is 0.0781. The number of hydrogen-bond donors (Lipinski definition) is 4. The molecule has 156 valence electrons. The standard InChI is InChI=1S/C21H28N4O4/c22-12-17(11-16-8-9-23-19(16)26)24-20(27)18(10-14-6-7-14)25-21(28)29-13-15-4-2-1-3-5-15/h1-5,14,16-19,23,26H,6-11,13H2,(H,24,27)(H,25,28)/t16-,17-,18-,19?/m0/s1. The van der Waals surface area contributed by atoms with E-state index >= 15 is 0 Å². The SMILES string of the molecule is N#C[C@H](C[C@@H]1CCNC1O)NC(=O)[C@H](CC1CC1)NC(=O)OCc1ccccc1. The summed E-state index contributed by atoms with van der Waals surface area (Å²) >= 11 is 0. The predicted molar refractivity (Wildman–Crippen MR) is 105 cm³/mol. The maximum atomic E-state index is 12.7. The summed E-state index contributed by atoms with van der Waals surface area (Å²) in [5.74, 6) is -0.0623. The normalized spacial score (nSPS) is 22.9. The molecule has 1 aliphatic heterocycles. The Labute approximate surface area is 170 Å². The first-order chi connectivity index (χ1) is 14.0. The molecule has 29 heavy (non-hydrogen) atoms. The van der Waals surface area contributed by atoms with Gasteiger partial charge in [0, 0.05) is 5.92 Å². The second-order valence-corrected chi connectivity index (χ2v) is 7.81. The van der Waals surface area contributed by atoms with E-state index in [1.165, 1.54) is 0 Å². The highest BCUT2D eigenvalue weighted by atomic mass is 16.5. The van der Waals surface area contributed by atoms with Crippen LogP contribution in [0.4, 0.5) is 4.79 Å². The molecule has 1 saturated heterocycles. The topological polar surface area (TPSA) is 123 Å². The van der Waals surface area contributed by atoms with E-state index in [4.69, 9.17) is 4.74 Å². The van der Waals surface area contributed by atoms with Crippen LogP contribution in [0.2, 0.25) is 0 Å². The van der Waals surface area contributed by atoms with E-state index in [0.717, 1.165) is 24.8 Å². The van der Waals surface area contributed by atoms with E-state index in [2.05, 4.69) is 22.0 Å². The van der Waals surface area contributed by atoms with Gasteiger partial charge in [-0.1, -0.05) is 43.2 Å². The van der Waals surface area contributed by atoms with Crippen LogP contribution in [0.5, 0.6) is 0 Å². The van der Waals surface area contributed by atoms with E-state index in [-0.39, 0.29) is 18.4 Å². The van der Waals surface area contributed by atoms with E-state index in [0.29, 0.717) is 25.3 Å². The zero-order valence-electron chi connectivity index (χ0n) is 16.3. The molecule has 3 rings (SSSR count). The Morgan fingerprint density at radius 3 is 2.59 bits per heavy atom. The number of rotatable bonds is 9. The summed E-state index contributed by atoms with van der Waals surface area (Å²) in [4.78, 5) is 24.9. The number of amides is 2. The predicted octanol–water partition coefficient (Wildman–Crippen LogP) is 1.41. The molecular formula is C21H28N4O4. The Kier molecular flexibility index (Phi) is 7.44. The lowest BCUT2D eigenvalue weighted by Crippen LogP contribution is -2.50. The van der Waals surface area contributed by atoms with Crippen molar-refractivity contribution in [3.05, 3.63) is 35.9 Å². The van der Waals surface area contributed by atoms with Gasteiger partial charge in [-0.25, -0.2) is 4.79 Å². The molecule has 1 unspecified atom stereocenters. The lowest BCUT2D eigenvalue weighted by Gasteiger charge is -2.22. The lowest BCUT2D eigenvalue weighted by atomic mass is 9.98. The molecule has 2 amide bonds. The van der Waals surface area contributed by atoms with Crippen LogP contribution in [0, 0.1) is 23.2 Å². The molecule has 8 nitrogen and oxygen atoms in total. The Hall–Kier alpha value is -2.63. The zero-order chi connectivity index (χ0) is 20.6. The van der Waals surface area contributed by atoms with Crippen LogP contribution in [0.3, 0.4) is 0 Å². The molecule has 1 heterocycles. The van der Waals surface area contributed by atoms with Gasteiger partial charge in [0.05, 0.1) is 6.07 Å². The van der Waals surface area contributed by atoms with Crippen molar-refractivity contribution in [2.45, 2.75) is 57.0 Å². The number of nitrogens with zero attached hydrogens (tertiary/aromatic N) is 1. The molecule has 4 atom stereocenters. The number of aliphatic hydroxyl groups excluding tert-OH is 1. The van der Waals surface area contributed by atoms with Gasteiger partial charge < -0.3 is 20.5 Å². The molecule has 1 aromatic rings. The Bertz CT molecular complexity index is 732. The zero-order valence-corrected chi connectivity index (χ0v) is 16.3. The van der Waals surface area contributed by atoms with Gasteiger partial charge in [0.15, 0.2) is 0 Å². The van der Waals surface area contributed by atoms with Crippen LogP contribution in [0.1, 0.15) is 37.7 Å². The fourth-order valence-electron chi connectivity index (χ4n) is 3.53. The molecule has 0 spiro atoms. The number of carbonyl (C=O) groups excluding carboxylic acids is 2. The third kappa shape index (κ3) is 6.73. The molecule has 1 aromatic carbocycles. The Morgan fingerprint density at radius 2 is 1.97 bits per heavy atom. The number of benzene rings is 1. The minimum atomic E-state index is -0.742. The van der Waals surface area contributed by atoms with Gasteiger partial charge in [0.1, 0.15) is 24.9 Å². The average Bonchev–Trinajstić information content (AvgIpc) is 3.46. The highest BCUT2D eigenvalue weighted by Gasteiger charge is 2.33. The number of carbonyl (C=O) groups is 2. The second kappa shape index (κ2) is 10.2. The van der Waals surface area contributed by atoms with Crippen LogP contribution in [0.25, 0.3) is 0 Å². The smallest absolute Gasteiger partial charge is 0.408 e. The summed E-state index contributed by atoms with van der Waals surface area (Å²) in [5.41, 5.74) is 0.860. The molecule has 0 radical (unpaired) electrons. The number of ether oxygens (including phenoxy) is 1. The van der Waals surface area contributed by atoms with Gasteiger partial charge in [-0.05, 0) is 37.3 Å². The van der Waals surface area contributed by atoms with Crippen molar-refractivity contribution in [2.75, 3.05) is 6.54 Å².